The monoisotopic (exact) mass is 256 g/mol. The van der Waals surface area contributed by atoms with Crippen LogP contribution >= 0.6 is 0 Å². The summed E-state index contributed by atoms with van der Waals surface area (Å²) in [5, 5.41) is 22.1. The van der Waals surface area contributed by atoms with Crippen LogP contribution in [0.4, 0.5) is 5.69 Å². The van der Waals surface area contributed by atoms with Crippen molar-refractivity contribution in [3.63, 3.8) is 0 Å². The molecule has 0 aliphatic rings. The number of carbonyl (C=O) groups is 1. The van der Waals surface area contributed by atoms with Crippen LogP contribution in [0.3, 0.4) is 0 Å². The van der Waals surface area contributed by atoms with E-state index in [2.05, 4.69) is 10.3 Å². The molecule has 1 unspecified atom stereocenters. The number of aliphatic hydroxyl groups excluding tert-OH is 1. The summed E-state index contributed by atoms with van der Waals surface area (Å²) in [6, 6.07) is 9.29. The first-order valence-electron chi connectivity index (χ1n) is 5.62. The SMILES string of the molecule is N#Cc1cnc2ccccc2c1NCC(O)C(N)=O. The highest BCUT2D eigenvalue weighted by molar-refractivity contribution is 5.94. The molecule has 6 nitrogen and oxygen atoms in total. The maximum Gasteiger partial charge on any atom is 0.248 e. The van der Waals surface area contributed by atoms with Gasteiger partial charge in [-0.2, -0.15) is 5.26 Å². The van der Waals surface area contributed by atoms with Crippen molar-refractivity contribution in [2.45, 2.75) is 6.10 Å². The summed E-state index contributed by atoms with van der Waals surface area (Å²) < 4.78 is 0. The minimum atomic E-state index is -1.31. The van der Waals surface area contributed by atoms with Crippen molar-refractivity contribution in [2.75, 3.05) is 11.9 Å². The van der Waals surface area contributed by atoms with Gasteiger partial charge in [-0.3, -0.25) is 9.78 Å². The molecular weight excluding hydrogens is 244 g/mol. The molecule has 0 saturated heterocycles. The average Bonchev–Trinajstić information content (AvgIpc) is 2.43. The van der Waals surface area contributed by atoms with Gasteiger partial charge in [0.1, 0.15) is 12.2 Å². The van der Waals surface area contributed by atoms with Crippen LogP contribution in [0.25, 0.3) is 10.9 Å². The third-order valence-electron chi connectivity index (χ3n) is 2.70. The number of fused-ring (bicyclic) bond motifs is 1. The maximum atomic E-state index is 10.8. The number of aliphatic hydroxyl groups is 1. The van der Waals surface area contributed by atoms with Gasteiger partial charge in [-0.05, 0) is 6.07 Å². The summed E-state index contributed by atoms with van der Waals surface area (Å²) in [6.07, 6.45) is 0.139. The predicted molar refractivity (Wildman–Crippen MR) is 70.1 cm³/mol. The van der Waals surface area contributed by atoms with E-state index in [1.54, 1.807) is 0 Å². The standard InChI is InChI=1S/C13H12N4O2/c14-5-8-6-16-10-4-2-1-3-9(10)12(8)17-7-11(18)13(15)19/h1-4,6,11,18H,7H2,(H2,15,19)(H,16,17). The van der Waals surface area contributed by atoms with Crippen LogP contribution in [0.2, 0.25) is 0 Å². The zero-order valence-corrected chi connectivity index (χ0v) is 10.00. The lowest BCUT2D eigenvalue weighted by Crippen LogP contribution is -2.34. The topological polar surface area (TPSA) is 112 Å². The highest BCUT2D eigenvalue weighted by atomic mass is 16.3. The fraction of sp³-hybridized carbons (Fsp3) is 0.154. The average molecular weight is 256 g/mol. The number of nitriles is 1. The summed E-state index contributed by atoms with van der Waals surface area (Å²) in [6.45, 7) is -0.0575. The molecule has 0 aliphatic carbocycles. The number of para-hydroxylation sites is 1. The van der Waals surface area contributed by atoms with E-state index in [-0.39, 0.29) is 6.54 Å². The maximum absolute atomic E-state index is 10.8. The molecule has 0 aliphatic heterocycles. The number of hydrogen-bond acceptors (Lipinski definition) is 5. The molecule has 4 N–H and O–H groups in total. The van der Waals surface area contributed by atoms with E-state index in [0.29, 0.717) is 11.3 Å². The number of pyridine rings is 1. The number of nitrogens with two attached hydrogens (primary N) is 1. The molecule has 6 heteroatoms. The molecule has 0 spiro atoms. The first kappa shape index (κ1) is 12.8. The zero-order chi connectivity index (χ0) is 13.8. The molecule has 96 valence electrons. The van der Waals surface area contributed by atoms with Crippen molar-refractivity contribution in [1.82, 2.24) is 4.98 Å². The zero-order valence-electron chi connectivity index (χ0n) is 10.00. The number of amides is 1. The van der Waals surface area contributed by atoms with Gasteiger partial charge < -0.3 is 16.2 Å². The van der Waals surface area contributed by atoms with Crippen molar-refractivity contribution in [3.8, 4) is 6.07 Å². The molecule has 2 aromatic rings. The number of rotatable bonds is 4. The van der Waals surface area contributed by atoms with Gasteiger partial charge in [0.05, 0.1) is 16.8 Å². The Bertz CT molecular complexity index is 663. The molecule has 19 heavy (non-hydrogen) atoms. The number of nitrogens with zero attached hydrogens (tertiary/aromatic N) is 2. The second kappa shape index (κ2) is 5.33. The molecule has 0 bridgehead atoms. The Morgan fingerprint density at radius 1 is 1.53 bits per heavy atom. The highest BCUT2D eigenvalue weighted by Crippen LogP contribution is 2.25. The summed E-state index contributed by atoms with van der Waals surface area (Å²) in [4.78, 5) is 15.0. The Hall–Kier alpha value is -2.65. The third-order valence-corrected chi connectivity index (χ3v) is 2.70. The van der Waals surface area contributed by atoms with Crippen molar-refractivity contribution in [1.29, 1.82) is 5.26 Å². The number of nitrogens with one attached hydrogen (secondary N) is 1. The lowest BCUT2D eigenvalue weighted by Gasteiger charge is -2.13. The van der Waals surface area contributed by atoms with E-state index in [4.69, 9.17) is 11.0 Å². The Morgan fingerprint density at radius 3 is 2.95 bits per heavy atom. The van der Waals surface area contributed by atoms with Crippen LogP contribution in [0, 0.1) is 11.3 Å². The van der Waals surface area contributed by atoms with E-state index in [9.17, 15) is 9.90 Å². The summed E-state index contributed by atoms with van der Waals surface area (Å²) in [5.41, 5.74) is 6.58. The minimum absolute atomic E-state index is 0.0575. The molecule has 1 aromatic heterocycles. The van der Waals surface area contributed by atoms with Gasteiger partial charge in [0.2, 0.25) is 5.91 Å². The van der Waals surface area contributed by atoms with Crippen LogP contribution in [-0.2, 0) is 4.79 Å². The lowest BCUT2D eigenvalue weighted by molar-refractivity contribution is -0.125. The van der Waals surface area contributed by atoms with Crippen molar-refractivity contribution in [3.05, 3.63) is 36.0 Å². The first-order valence-corrected chi connectivity index (χ1v) is 5.62. The predicted octanol–water partition coefficient (Wildman–Crippen LogP) is 0.365. The van der Waals surface area contributed by atoms with Crippen LogP contribution in [-0.4, -0.2) is 28.6 Å². The van der Waals surface area contributed by atoms with E-state index in [1.165, 1.54) is 6.20 Å². The van der Waals surface area contributed by atoms with Gasteiger partial charge in [0.25, 0.3) is 0 Å². The largest absolute Gasteiger partial charge is 0.381 e. The molecule has 0 fully saturated rings. The summed E-state index contributed by atoms with van der Waals surface area (Å²) in [5.74, 6) is -0.815. The number of anilines is 1. The van der Waals surface area contributed by atoms with Crippen LogP contribution in [0.1, 0.15) is 5.56 Å². The second-order valence-corrected chi connectivity index (χ2v) is 3.97. The number of carbonyl (C=O) groups excluding carboxylic acids is 1. The Balaban J connectivity index is 2.40. The number of primary amides is 1. The number of hydrogen-bond donors (Lipinski definition) is 3. The second-order valence-electron chi connectivity index (χ2n) is 3.97. The molecule has 0 radical (unpaired) electrons. The molecular formula is C13H12N4O2. The van der Waals surface area contributed by atoms with Gasteiger partial charge >= 0.3 is 0 Å². The third kappa shape index (κ3) is 2.61. The molecule has 1 amide bonds. The van der Waals surface area contributed by atoms with Crippen LogP contribution < -0.4 is 11.1 Å². The van der Waals surface area contributed by atoms with Crippen molar-refractivity contribution in [2.24, 2.45) is 5.73 Å². The van der Waals surface area contributed by atoms with E-state index in [0.717, 1.165) is 10.9 Å². The minimum Gasteiger partial charge on any atom is -0.381 e. The Labute approximate surface area is 109 Å². The molecule has 1 aromatic carbocycles. The van der Waals surface area contributed by atoms with Gasteiger partial charge in [0.15, 0.2) is 0 Å². The molecule has 1 atom stereocenters. The summed E-state index contributed by atoms with van der Waals surface area (Å²) >= 11 is 0. The van der Waals surface area contributed by atoms with Crippen LogP contribution in [0.5, 0.6) is 0 Å². The molecule has 0 saturated carbocycles. The van der Waals surface area contributed by atoms with Gasteiger partial charge in [-0.25, -0.2) is 0 Å². The van der Waals surface area contributed by atoms with Gasteiger partial charge in [-0.1, -0.05) is 18.2 Å². The van der Waals surface area contributed by atoms with E-state index < -0.39 is 12.0 Å². The number of aromatic nitrogens is 1. The normalized spacial score (nSPS) is 11.8. The highest BCUT2D eigenvalue weighted by Gasteiger charge is 2.13. The smallest absolute Gasteiger partial charge is 0.248 e. The molecule has 1 heterocycles. The summed E-state index contributed by atoms with van der Waals surface area (Å²) in [7, 11) is 0. The fourth-order valence-corrected chi connectivity index (χ4v) is 1.72. The Kier molecular flexibility index (Phi) is 3.59. The van der Waals surface area contributed by atoms with Gasteiger partial charge in [-0.15, -0.1) is 0 Å². The fourth-order valence-electron chi connectivity index (χ4n) is 1.72. The van der Waals surface area contributed by atoms with Crippen LogP contribution in [0.15, 0.2) is 30.5 Å². The lowest BCUT2D eigenvalue weighted by atomic mass is 10.1. The first-order chi connectivity index (χ1) is 9.13. The van der Waals surface area contributed by atoms with E-state index >= 15 is 0 Å². The Morgan fingerprint density at radius 2 is 2.26 bits per heavy atom. The quantitative estimate of drug-likeness (QED) is 0.731. The van der Waals surface area contributed by atoms with Gasteiger partial charge in [0, 0.05) is 18.1 Å². The van der Waals surface area contributed by atoms with Crippen molar-refractivity contribution >= 4 is 22.5 Å². The van der Waals surface area contributed by atoms with E-state index in [1.807, 2.05) is 30.3 Å². The van der Waals surface area contributed by atoms with Crippen molar-refractivity contribution < 1.29 is 9.90 Å². The molecule has 2 rings (SSSR count). The number of benzene rings is 1.